The van der Waals surface area contributed by atoms with Gasteiger partial charge in [0.2, 0.25) is 5.95 Å². The first kappa shape index (κ1) is 21.5. The molecule has 1 saturated heterocycles. The van der Waals surface area contributed by atoms with Crippen molar-refractivity contribution in [3.8, 4) is 0 Å². The highest BCUT2D eigenvalue weighted by atomic mass is 35.5. The first-order valence-electron chi connectivity index (χ1n) is 10.7. The van der Waals surface area contributed by atoms with Gasteiger partial charge in [0.1, 0.15) is 5.60 Å². The SMILES string of the molecule is CC1CN(C(=O)OC(C)(C)C)CCN1c1nc2ccccc2n1Cc1ccc(Cl)cc1. The smallest absolute Gasteiger partial charge is 0.410 e. The molecular formula is C24H29ClN4O2. The molecule has 1 unspecified atom stereocenters. The fourth-order valence-corrected chi connectivity index (χ4v) is 4.08. The summed E-state index contributed by atoms with van der Waals surface area (Å²) >= 11 is 6.07. The molecule has 0 bridgehead atoms. The molecule has 1 atom stereocenters. The second-order valence-corrected chi connectivity index (χ2v) is 9.52. The van der Waals surface area contributed by atoms with Crippen LogP contribution in [-0.4, -0.2) is 51.8 Å². The number of fused-ring (bicyclic) bond motifs is 1. The van der Waals surface area contributed by atoms with Crippen LogP contribution >= 0.6 is 11.6 Å². The number of rotatable bonds is 3. The highest BCUT2D eigenvalue weighted by Crippen LogP contribution is 2.27. The average molecular weight is 441 g/mol. The van der Waals surface area contributed by atoms with Gasteiger partial charge < -0.3 is 19.1 Å². The maximum Gasteiger partial charge on any atom is 0.410 e. The summed E-state index contributed by atoms with van der Waals surface area (Å²) in [6, 6.07) is 16.2. The zero-order valence-electron chi connectivity index (χ0n) is 18.5. The predicted molar refractivity (Wildman–Crippen MR) is 125 cm³/mol. The van der Waals surface area contributed by atoms with Crippen LogP contribution in [-0.2, 0) is 11.3 Å². The molecule has 31 heavy (non-hydrogen) atoms. The number of nitrogens with zero attached hydrogens (tertiary/aromatic N) is 4. The Balaban J connectivity index is 1.61. The van der Waals surface area contributed by atoms with Crippen LogP contribution < -0.4 is 4.90 Å². The van der Waals surface area contributed by atoms with E-state index in [1.165, 1.54) is 0 Å². The quantitative estimate of drug-likeness (QED) is 0.562. The Bertz CT molecular complexity index is 1070. The number of para-hydroxylation sites is 2. The largest absolute Gasteiger partial charge is 0.444 e. The topological polar surface area (TPSA) is 50.6 Å². The number of ether oxygens (including phenoxy) is 1. The summed E-state index contributed by atoms with van der Waals surface area (Å²) in [5.41, 5.74) is 2.72. The number of carbonyl (C=O) groups excluding carboxylic acids is 1. The predicted octanol–water partition coefficient (Wildman–Crippen LogP) is 5.18. The molecule has 1 aliphatic rings. The third-order valence-corrected chi connectivity index (χ3v) is 5.68. The average Bonchev–Trinajstić information content (AvgIpc) is 3.06. The molecule has 1 fully saturated rings. The minimum atomic E-state index is -0.496. The molecule has 3 aromatic rings. The fraction of sp³-hybridized carbons (Fsp3) is 0.417. The number of amides is 1. The monoisotopic (exact) mass is 440 g/mol. The van der Waals surface area contributed by atoms with Gasteiger partial charge in [0.25, 0.3) is 0 Å². The van der Waals surface area contributed by atoms with E-state index in [4.69, 9.17) is 21.3 Å². The Labute approximate surface area is 188 Å². The summed E-state index contributed by atoms with van der Waals surface area (Å²) in [5.74, 6) is 0.924. The van der Waals surface area contributed by atoms with Crippen molar-refractivity contribution in [2.45, 2.75) is 45.9 Å². The van der Waals surface area contributed by atoms with Crippen molar-refractivity contribution in [2.75, 3.05) is 24.5 Å². The molecular weight excluding hydrogens is 412 g/mol. The second kappa shape index (κ2) is 8.42. The molecule has 4 rings (SSSR count). The van der Waals surface area contributed by atoms with Crippen LogP contribution in [0.25, 0.3) is 11.0 Å². The number of halogens is 1. The second-order valence-electron chi connectivity index (χ2n) is 9.08. The van der Waals surface area contributed by atoms with E-state index in [1.54, 1.807) is 4.90 Å². The molecule has 0 radical (unpaired) electrons. The maximum absolute atomic E-state index is 12.5. The zero-order chi connectivity index (χ0) is 22.2. The molecule has 2 heterocycles. The highest BCUT2D eigenvalue weighted by molar-refractivity contribution is 6.30. The molecule has 2 aromatic carbocycles. The summed E-state index contributed by atoms with van der Waals surface area (Å²) in [4.78, 5) is 21.6. The van der Waals surface area contributed by atoms with Crippen molar-refractivity contribution in [1.82, 2.24) is 14.5 Å². The minimum absolute atomic E-state index is 0.113. The van der Waals surface area contributed by atoms with Crippen molar-refractivity contribution in [1.29, 1.82) is 0 Å². The van der Waals surface area contributed by atoms with Crippen molar-refractivity contribution in [3.63, 3.8) is 0 Å². The number of carbonyl (C=O) groups is 1. The van der Waals surface area contributed by atoms with E-state index in [0.717, 1.165) is 27.6 Å². The highest BCUT2D eigenvalue weighted by Gasteiger charge is 2.32. The maximum atomic E-state index is 12.5. The lowest BCUT2D eigenvalue weighted by Gasteiger charge is -2.40. The van der Waals surface area contributed by atoms with Crippen molar-refractivity contribution >= 4 is 34.7 Å². The molecule has 0 spiro atoms. The van der Waals surface area contributed by atoms with E-state index < -0.39 is 5.60 Å². The van der Waals surface area contributed by atoms with Gasteiger partial charge in [0.05, 0.1) is 17.6 Å². The van der Waals surface area contributed by atoms with Crippen LogP contribution in [0, 0.1) is 0 Å². The third kappa shape index (κ3) is 4.79. The van der Waals surface area contributed by atoms with Crippen LogP contribution in [0.1, 0.15) is 33.3 Å². The standard InChI is InChI=1S/C24H29ClN4O2/c1-17-15-27(23(30)31-24(2,3)4)13-14-28(17)22-26-20-7-5-6-8-21(20)29(22)16-18-9-11-19(25)12-10-18/h5-12,17H,13-16H2,1-4H3. The Morgan fingerprint density at radius 2 is 1.84 bits per heavy atom. The molecule has 1 aliphatic heterocycles. The van der Waals surface area contributed by atoms with Crippen molar-refractivity contribution < 1.29 is 9.53 Å². The number of hydrogen-bond acceptors (Lipinski definition) is 4. The summed E-state index contributed by atoms with van der Waals surface area (Å²) in [5, 5.41) is 0.728. The molecule has 1 amide bonds. The molecule has 164 valence electrons. The molecule has 7 heteroatoms. The Morgan fingerprint density at radius 1 is 1.13 bits per heavy atom. The van der Waals surface area contributed by atoms with Crippen LogP contribution in [0.4, 0.5) is 10.7 Å². The van der Waals surface area contributed by atoms with E-state index in [-0.39, 0.29) is 12.1 Å². The number of piperazine rings is 1. The summed E-state index contributed by atoms with van der Waals surface area (Å²) in [6.07, 6.45) is -0.256. The third-order valence-electron chi connectivity index (χ3n) is 5.42. The van der Waals surface area contributed by atoms with E-state index in [0.29, 0.717) is 26.2 Å². The molecule has 0 N–H and O–H groups in total. The van der Waals surface area contributed by atoms with E-state index in [2.05, 4.69) is 22.5 Å². The van der Waals surface area contributed by atoms with Gasteiger partial charge in [-0.2, -0.15) is 0 Å². The van der Waals surface area contributed by atoms with Crippen LogP contribution in [0.3, 0.4) is 0 Å². The lowest BCUT2D eigenvalue weighted by atomic mass is 10.2. The summed E-state index contributed by atoms with van der Waals surface area (Å²) in [7, 11) is 0. The number of hydrogen-bond donors (Lipinski definition) is 0. The summed E-state index contributed by atoms with van der Waals surface area (Å²) < 4.78 is 7.81. The number of benzene rings is 2. The van der Waals surface area contributed by atoms with Crippen molar-refractivity contribution in [3.05, 3.63) is 59.1 Å². The normalized spacial score (nSPS) is 17.3. The lowest BCUT2D eigenvalue weighted by Crippen LogP contribution is -2.55. The number of imidazole rings is 1. The molecule has 0 aliphatic carbocycles. The van der Waals surface area contributed by atoms with E-state index in [1.807, 2.05) is 63.2 Å². The first-order valence-corrected chi connectivity index (χ1v) is 11.0. The van der Waals surface area contributed by atoms with E-state index >= 15 is 0 Å². The molecule has 6 nitrogen and oxygen atoms in total. The lowest BCUT2D eigenvalue weighted by molar-refractivity contribution is 0.0218. The molecule has 0 saturated carbocycles. The van der Waals surface area contributed by atoms with Crippen LogP contribution in [0.5, 0.6) is 0 Å². The minimum Gasteiger partial charge on any atom is -0.444 e. The van der Waals surface area contributed by atoms with Crippen LogP contribution in [0.2, 0.25) is 5.02 Å². The number of anilines is 1. The van der Waals surface area contributed by atoms with E-state index in [9.17, 15) is 4.79 Å². The van der Waals surface area contributed by atoms with Gasteiger partial charge in [-0.3, -0.25) is 0 Å². The van der Waals surface area contributed by atoms with Gasteiger partial charge in [0.15, 0.2) is 0 Å². The number of aromatic nitrogens is 2. The fourth-order valence-electron chi connectivity index (χ4n) is 3.96. The first-order chi connectivity index (χ1) is 14.7. The Morgan fingerprint density at radius 3 is 2.52 bits per heavy atom. The molecule has 1 aromatic heterocycles. The van der Waals surface area contributed by atoms with Gasteiger partial charge in [-0.1, -0.05) is 35.9 Å². The van der Waals surface area contributed by atoms with Gasteiger partial charge in [-0.15, -0.1) is 0 Å². The van der Waals surface area contributed by atoms with Gasteiger partial charge in [-0.25, -0.2) is 9.78 Å². The summed E-state index contributed by atoms with van der Waals surface area (Å²) in [6.45, 7) is 10.4. The van der Waals surface area contributed by atoms with Gasteiger partial charge in [-0.05, 0) is 57.5 Å². The Hall–Kier alpha value is -2.73. The van der Waals surface area contributed by atoms with Gasteiger partial charge in [0, 0.05) is 30.7 Å². The Kier molecular flexibility index (Phi) is 5.84. The zero-order valence-corrected chi connectivity index (χ0v) is 19.3. The van der Waals surface area contributed by atoms with Crippen molar-refractivity contribution in [2.24, 2.45) is 0 Å². The van der Waals surface area contributed by atoms with Gasteiger partial charge >= 0.3 is 6.09 Å². The van der Waals surface area contributed by atoms with Crippen LogP contribution in [0.15, 0.2) is 48.5 Å².